The summed E-state index contributed by atoms with van der Waals surface area (Å²) in [7, 11) is 0. The zero-order chi connectivity index (χ0) is 9.10. The molecule has 2 rings (SSSR count). The number of nitrogens with zero attached hydrogens (tertiary/aromatic N) is 1. The van der Waals surface area contributed by atoms with E-state index in [1.165, 1.54) is 5.56 Å². The van der Waals surface area contributed by atoms with Crippen molar-refractivity contribution in [2.24, 2.45) is 0 Å². The molecule has 2 nitrogen and oxygen atoms in total. The molecule has 2 aromatic rings. The Labute approximate surface area is 84.7 Å². The van der Waals surface area contributed by atoms with Crippen molar-refractivity contribution in [3.63, 3.8) is 0 Å². The van der Waals surface area contributed by atoms with Gasteiger partial charge in [0.1, 0.15) is 0 Å². The van der Waals surface area contributed by atoms with Gasteiger partial charge in [0.15, 0.2) is 5.76 Å². The average molecular weight is 238 g/mol. The van der Waals surface area contributed by atoms with Crippen molar-refractivity contribution in [1.82, 2.24) is 5.16 Å². The number of hydrogen-bond donors (Lipinski definition) is 0. The van der Waals surface area contributed by atoms with Gasteiger partial charge in [-0.05, 0) is 5.56 Å². The second-order valence-corrected chi connectivity index (χ2v) is 3.23. The third kappa shape index (κ3) is 1.65. The van der Waals surface area contributed by atoms with Crippen molar-refractivity contribution >= 4 is 15.9 Å². The first-order valence-corrected chi connectivity index (χ1v) is 5.09. The molecule has 0 saturated carbocycles. The van der Waals surface area contributed by atoms with Gasteiger partial charge < -0.3 is 4.52 Å². The van der Waals surface area contributed by atoms with Crippen LogP contribution in [0.4, 0.5) is 0 Å². The summed E-state index contributed by atoms with van der Waals surface area (Å²) in [4.78, 5) is 0. The SMILES string of the molecule is BrCc1ccccc1-c1ccno1. The van der Waals surface area contributed by atoms with Gasteiger partial charge in [0, 0.05) is 17.0 Å². The van der Waals surface area contributed by atoms with E-state index in [1.54, 1.807) is 6.20 Å². The van der Waals surface area contributed by atoms with Crippen LogP contribution in [0.25, 0.3) is 11.3 Å². The first-order chi connectivity index (χ1) is 6.42. The van der Waals surface area contributed by atoms with Gasteiger partial charge >= 0.3 is 0 Å². The van der Waals surface area contributed by atoms with E-state index in [2.05, 4.69) is 27.2 Å². The minimum absolute atomic E-state index is 0.815. The fourth-order valence-electron chi connectivity index (χ4n) is 1.23. The molecule has 0 atom stereocenters. The average Bonchev–Trinajstić information content (AvgIpc) is 2.70. The Balaban J connectivity index is 2.51. The van der Waals surface area contributed by atoms with Gasteiger partial charge in [-0.1, -0.05) is 45.4 Å². The Morgan fingerprint density at radius 3 is 2.77 bits per heavy atom. The van der Waals surface area contributed by atoms with Crippen molar-refractivity contribution < 1.29 is 4.52 Å². The molecule has 0 aliphatic heterocycles. The van der Waals surface area contributed by atoms with Crippen LogP contribution >= 0.6 is 15.9 Å². The Kier molecular flexibility index (Phi) is 2.45. The monoisotopic (exact) mass is 237 g/mol. The summed E-state index contributed by atoms with van der Waals surface area (Å²) in [6.07, 6.45) is 1.65. The highest BCUT2D eigenvalue weighted by atomic mass is 79.9. The van der Waals surface area contributed by atoms with Crippen LogP contribution in [0, 0.1) is 0 Å². The molecule has 0 N–H and O–H groups in total. The lowest BCUT2D eigenvalue weighted by Gasteiger charge is -2.01. The Hall–Kier alpha value is -1.09. The van der Waals surface area contributed by atoms with E-state index in [0.29, 0.717) is 0 Å². The molecule has 0 saturated heterocycles. The molecule has 1 heterocycles. The molecule has 13 heavy (non-hydrogen) atoms. The maximum Gasteiger partial charge on any atom is 0.167 e. The number of benzene rings is 1. The summed E-state index contributed by atoms with van der Waals surface area (Å²) >= 11 is 3.43. The predicted molar refractivity (Wildman–Crippen MR) is 54.6 cm³/mol. The summed E-state index contributed by atoms with van der Waals surface area (Å²) in [5, 5.41) is 4.51. The molecular weight excluding hydrogens is 230 g/mol. The Bertz CT molecular complexity index is 384. The third-order valence-corrected chi connectivity index (χ3v) is 2.47. The lowest BCUT2D eigenvalue weighted by atomic mass is 10.1. The molecule has 0 bridgehead atoms. The first-order valence-electron chi connectivity index (χ1n) is 3.97. The highest BCUT2D eigenvalue weighted by Gasteiger charge is 2.05. The van der Waals surface area contributed by atoms with Crippen molar-refractivity contribution in [3.05, 3.63) is 42.1 Å². The molecule has 0 unspecified atom stereocenters. The summed E-state index contributed by atoms with van der Waals surface area (Å²) in [5.74, 6) is 0.815. The molecule has 0 fully saturated rings. The number of hydrogen-bond acceptors (Lipinski definition) is 2. The second kappa shape index (κ2) is 3.75. The number of halogens is 1. The van der Waals surface area contributed by atoms with E-state index >= 15 is 0 Å². The van der Waals surface area contributed by atoms with Gasteiger partial charge in [0.25, 0.3) is 0 Å². The molecule has 0 spiro atoms. The van der Waals surface area contributed by atoms with E-state index in [4.69, 9.17) is 4.52 Å². The fourth-order valence-corrected chi connectivity index (χ4v) is 1.72. The van der Waals surface area contributed by atoms with E-state index in [-0.39, 0.29) is 0 Å². The van der Waals surface area contributed by atoms with E-state index in [9.17, 15) is 0 Å². The molecule has 0 aliphatic rings. The van der Waals surface area contributed by atoms with Crippen molar-refractivity contribution in [2.45, 2.75) is 5.33 Å². The van der Waals surface area contributed by atoms with Crippen LogP contribution in [0.2, 0.25) is 0 Å². The molecule has 0 radical (unpaired) electrons. The third-order valence-electron chi connectivity index (χ3n) is 1.86. The van der Waals surface area contributed by atoms with Crippen LogP contribution in [0.15, 0.2) is 41.1 Å². The number of rotatable bonds is 2. The van der Waals surface area contributed by atoms with Crippen LogP contribution in [0.1, 0.15) is 5.56 Å². The summed E-state index contributed by atoms with van der Waals surface area (Å²) in [6.45, 7) is 0. The van der Waals surface area contributed by atoms with Gasteiger partial charge in [-0.3, -0.25) is 0 Å². The highest BCUT2D eigenvalue weighted by Crippen LogP contribution is 2.24. The fraction of sp³-hybridized carbons (Fsp3) is 0.100. The van der Waals surface area contributed by atoms with E-state index in [1.807, 2.05) is 24.3 Å². The zero-order valence-electron chi connectivity index (χ0n) is 6.90. The van der Waals surface area contributed by atoms with Crippen molar-refractivity contribution in [2.75, 3.05) is 0 Å². The molecule has 66 valence electrons. The van der Waals surface area contributed by atoms with Gasteiger partial charge in [-0.25, -0.2) is 0 Å². The quantitative estimate of drug-likeness (QED) is 0.750. The Morgan fingerprint density at radius 2 is 2.08 bits per heavy atom. The number of aromatic nitrogens is 1. The normalized spacial score (nSPS) is 10.2. The van der Waals surface area contributed by atoms with Crippen LogP contribution in [0.3, 0.4) is 0 Å². The van der Waals surface area contributed by atoms with Crippen molar-refractivity contribution in [1.29, 1.82) is 0 Å². The van der Waals surface area contributed by atoms with Crippen LogP contribution in [0.5, 0.6) is 0 Å². The number of alkyl halides is 1. The lowest BCUT2D eigenvalue weighted by molar-refractivity contribution is 0.432. The maximum absolute atomic E-state index is 5.09. The standard InChI is InChI=1S/C10H8BrNO/c11-7-8-3-1-2-4-9(8)10-5-6-12-13-10/h1-6H,7H2. The molecule has 1 aromatic heterocycles. The van der Waals surface area contributed by atoms with Gasteiger partial charge in [-0.2, -0.15) is 0 Å². The van der Waals surface area contributed by atoms with Crippen LogP contribution in [-0.2, 0) is 5.33 Å². The second-order valence-electron chi connectivity index (χ2n) is 2.67. The molecule has 1 aromatic carbocycles. The largest absolute Gasteiger partial charge is 0.356 e. The van der Waals surface area contributed by atoms with E-state index < -0.39 is 0 Å². The predicted octanol–water partition coefficient (Wildman–Crippen LogP) is 3.24. The minimum atomic E-state index is 0.815. The lowest BCUT2D eigenvalue weighted by Crippen LogP contribution is -1.82. The molecule has 0 aliphatic carbocycles. The van der Waals surface area contributed by atoms with Gasteiger partial charge in [-0.15, -0.1) is 0 Å². The minimum Gasteiger partial charge on any atom is -0.356 e. The summed E-state index contributed by atoms with van der Waals surface area (Å²) in [5.41, 5.74) is 2.30. The van der Waals surface area contributed by atoms with E-state index in [0.717, 1.165) is 16.7 Å². The summed E-state index contributed by atoms with van der Waals surface area (Å²) in [6, 6.07) is 9.95. The Morgan fingerprint density at radius 1 is 1.23 bits per heavy atom. The van der Waals surface area contributed by atoms with Gasteiger partial charge in [0.05, 0.1) is 6.20 Å². The molecular formula is C10H8BrNO. The van der Waals surface area contributed by atoms with Crippen LogP contribution in [-0.4, -0.2) is 5.16 Å². The molecule has 0 amide bonds. The van der Waals surface area contributed by atoms with Gasteiger partial charge in [0.2, 0.25) is 0 Å². The topological polar surface area (TPSA) is 26.0 Å². The smallest absolute Gasteiger partial charge is 0.167 e. The van der Waals surface area contributed by atoms with Crippen molar-refractivity contribution in [3.8, 4) is 11.3 Å². The maximum atomic E-state index is 5.09. The highest BCUT2D eigenvalue weighted by molar-refractivity contribution is 9.08. The zero-order valence-corrected chi connectivity index (χ0v) is 8.49. The first kappa shape index (κ1) is 8.51. The molecule has 3 heteroatoms. The summed E-state index contributed by atoms with van der Waals surface area (Å²) < 4.78 is 5.09. The van der Waals surface area contributed by atoms with Crippen LogP contribution < -0.4 is 0 Å².